The second-order valence-corrected chi connectivity index (χ2v) is 8.45. The van der Waals surface area contributed by atoms with Gasteiger partial charge in [-0.25, -0.2) is 4.98 Å². The van der Waals surface area contributed by atoms with E-state index >= 15 is 0 Å². The van der Waals surface area contributed by atoms with Crippen molar-refractivity contribution >= 4 is 0 Å². The van der Waals surface area contributed by atoms with Crippen molar-refractivity contribution in [3.8, 4) is 0 Å². The first kappa shape index (κ1) is 17.9. The maximum atomic E-state index is 6.00. The van der Waals surface area contributed by atoms with Gasteiger partial charge in [0.25, 0.3) is 0 Å². The standard InChI is InChI=1S/C19H33N3O2/c1-15(17-20-13-16(24-17)18(2,3)4)21-14-19(7-11-23-12-8-19)22-9-5-6-10-22/h13,15,21H,5-12,14H2,1-4H3. The summed E-state index contributed by atoms with van der Waals surface area (Å²) in [5.74, 6) is 1.75. The zero-order valence-electron chi connectivity index (χ0n) is 15.7. The quantitative estimate of drug-likeness (QED) is 0.895. The summed E-state index contributed by atoms with van der Waals surface area (Å²) < 4.78 is 11.6. The van der Waals surface area contributed by atoms with Crippen LogP contribution in [0.15, 0.2) is 10.6 Å². The molecule has 2 aliphatic rings. The number of hydrogen-bond donors (Lipinski definition) is 1. The van der Waals surface area contributed by atoms with Crippen molar-refractivity contribution in [2.24, 2.45) is 0 Å². The van der Waals surface area contributed by atoms with E-state index in [-0.39, 0.29) is 17.0 Å². The van der Waals surface area contributed by atoms with Crippen LogP contribution in [0.4, 0.5) is 0 Å². The fourth-order valence-corrected chi connectivity index (χ4v) is 3.81. The maximum absolute atomic E-state index is 6.00. The van der Waals surface area contributed by atoms with E-state index in [1.54, 1.807) is 0 Å². The first-order valence-corrected chi connectivity index (χ1v) is 9.43. The van der Waals surface area contributed by atoms with Gasteiger partial charge in [-0.1, -0.05) is 20.8 Å². The molecule has 0 bridgehead atoms. The van der Waals surface area contributed by atoms with Crippen LogP contribution >= 0.6 is 0 Å². The monoisotopic (exact) mass is 335 g/mol. The Bertz CT molecular complexity index is 523. The zero-order valence-corrected chi connectivity index (χ0v) is 15.7. The van der Waals surface area contributed by atoms with Gasteiger partial charge in [0.05, 0.1) is 12.2 Å². The van der Waals surface area contributed by atoms with E-state index in [0.717, 1.165) is 44.3 Å². The Morgan fingerprint density at radius 1 is 1.25 bits per heavy atom. The highest BCUT2D eigenvalue weighted by Crippen LogP contribution is 2.32. The lowest BCUT2D eigenvalue weighted by atomic mass is 9.87. The molecule has 136 valence electrons. The van der Waals surface area contributed by atoms with E-state index in [9.17, 15) is 0 Å². The van der Waals surface area contributed by atoms with Gasteiger partial charge >= 0.3 is 0 Å². The minimum Gasteiger partial charge on any atom is -0.443 e. The van der Waals surface area contributed by atoms with E-state index in [4.69, 9.17) is 9.15 Å². The van der Waals surface area contributed by atoms with Gasteiger partial charge in [0.15, 0.2) is 0 Å². The molecule has 0 amide bonds. The summed E-state index contributed by atoms with van der Waals surface area (Å²) in [4.78, 5) is 7.18. The molecule has 5 nitrogen and oxygen atoms in total. The maximum Gasteiger partial charge on any atom is 0.211 e. The molecule has 1 N–H and O–H groups in total. The molecule has 24 heavy (non-hydrogen) atoms. The summed E-state index contributed by atoms with van der Waals surface area (Å²) in [5.41, 5.74) is 0.241. The van der Waals surface area contributed by atoms with E-state index in [1.807, 2.05) is 6.20 Å². The molecule has 1 unspecified atom stereocenters. The molecule has 0 aliphatic carbocycles. The summed E-state index contributed by atoms with van der Waals surface area (Å²) >= 11 is 0. The molecule has 0 aromatic carbocycles. The zero-order chi connectivity index (χ0) is 17.2. The molecule has 5 heteroatoms. The Balaban J connectivity index is 1.64. The SMILES string of the molecule is CC(NCC1(N2CCCC2)CCOCC1)c1ncc(C(C)(C)C)o1. The lowest BCUT2D eigenvalue weighted by Crippen LogP contribution is -2.57. The molecule has 0 saturated carbocycles. The lowest BCUT2D eigenvalue weighted by molar-refractivity contribution is -0.0197. The summed E-state index contributed by atoms with van der Waals surface area (Å²) in [7, 11) is 0. The van der Waals surface area contributed by atoms with E-state index in [0.29, 0.717) is 0 Å². The molecule has 2 fully saturated rings. The van der Waals surface area contributed by atoms with Gasteiger partial charge in [0, 0.05) is 30.7 Å². The summed E-state index contributed by atoms with van der Waals surface area (Å²) in [5, 5.41) is 3.70. The average molecular weight is 335 g/mol. The van der Waals surface area contributed by atoms with Gasteiger partial charge < -0.3 is 14.5 Å². The molecule has 0 spiro atoms. The van der Waals surface area contributed by atoms with Gasteiger partial charge in [0.2, 0.25) is 5.89 Å². The van der Waals surface area contributed by atoms with Crippen LogP contribution in [0.5, 0.6) is 0 Å². The summed E-state index contributed by atoms with van der Waals surface area (Å²) in [6.45, 7) is 13.8. The van der Waals surface area contributed by atoms with Gasteiger partial charge in [-0.3, -0.25) is 4.90 Å². The molecule has 3 heterocycles. The van der Waals surface area contributed by atoms with Crippen molar-refractivity contribution in [2.45, 2.75) is 70.4 Å². The molecular weight excluding hydrogens is 302 g/mol. The molecule has 2 saturated heterocycles. The Hall–Kier alpha value is -0.910. The first-order chi connectivity index (χ1) is 11.4. The van der Waals surface area contributed by atoms with Crippen LogP contribution in [-0.2, 0) is 10.2 Å². The third-order valence-electron chi connectivity index (χ3n) is 5.57. The van der Waals surface area contributed by atoms with Gasteiger partial charge in [-0.15, -0.1) is 0 Å². The van der Waals surface area contributed by atoms with Crippen molar-refractivity contribution in [1.29, 1.82) is 0 Å². The molecule has 2 aliphatic heterocycles. The van der Waals surface area contributed by atoms with Crippen LogP contribution in [0.2, 0.25) is 0 Å². The summed E-state index contributed by atoms with van der Waals surface area (Å²) in [6, 6.07) is 0.128. The third-order valence-corrected chi connectivity index (χ3v) is 5.57. The largest absolute Gasteiger partial charge is 0.443 e. The second-order valence-electron chi connectivity index (χ2n) is 8.45. The molecule has 0 radical (unpaired) electrons. The number of hydrogen-bond acceptors (Lipinski definition) is 5. The Kier molecular flexibility index (Phi) is 5.33. The van der Waals surface area contributed by atoms with Crippen LogP contribution in [0, 0.1) is 0 Å². The topological polar surface area (TPSA) is 50.5 Å². The van der Waals surface area contributed by atoms with E-state index < -0.39 is 0 Å². The summed E-state index contributed by atoms with van der Waals surface area (Å²) in [6.07, 6.45) is 6.76. The molecule has 1 aromatic heterocycles. The van der Waals surface area contributed by atoms with Crippen LogP contribution in [0.25, 0.3) is 0 Å². The van der Waals surface area contributed by atoms with Crippen LogP contribution in [0.1, 0.15) is 71.1 Å². The van der Waals surface area contributed by atoms with Crippen LogP contribution in [0.3, 0.4) is 0 Å². The number of nitrogens with one attached hydrogen (secondary N) is 1. The second kappa shape index (κ2) is 7.14. The number of aromatic nitrogens is 1. The van der Waals surface area contributed by atoms with Crippen LogP contribution < -0.4 is 5.32 Å². The van der Waals surface area contributed by atoms with Gasteiger partial charge in [-0.05, 0) is 45.7 Å². The molecule has 1 aromatic rings. The number of rotatable bonds is 5. The van der Waals surface area contributed by atoms with Crippen molar-refractivity contribution < 1.29 is 9.15 Å². The molecular formula is C19H33N3O2. The van der Waals surface area contributed by atoms with E-state index in [1.165, 1.54) is 25.9 Å². The minimum absolute atomic E-state index is 0.00243. The van der Waals surface area contributed by atoms with Crippen molar-refractivity contribution in [1.82, 2.24) is 15.2 Å². The molecule has 1 atom stereocenters. The minimum atomic E-state index is 0.00243. The highest BCUT2D eigenvalue weighted by atomic mass is 16.5. The van der Waals surface area contributed by atoms with Crippen molar-refractivity contribution in [3.63, 3.8) is 0 Å². The first-order valence-electron chi connectivity index (χ1n) is 9.43. The predicted octanol–water partition coefficient (Wildman–Crippen LogP) is 3.27. The number of ether oxygens (including phenoxy) is 1. The van der Waals surface area contributed by atoms with Crippen molar-refractivity contribution in [2.75, 3.05) is 32.8 Å². The Morgan fingerprint density at radius 2 is 1.92 bits per heavy atom. The highest BCUT2D eigenvalue weighted by Gasteiger charge is 2.39. The van der Waals surface area contributed by atoms with Gasteiger partial charge in [0.1, 0.15) is 5.76 Å². The smallest absolute Gasteiger partial charge is 0.211 e. The van der Waals surface area contributed by atoms with Crippen molar-refractivity contribution in [3.05, 3.63) is 17.8 Å². The Morgan fingerprint density at radius 3 is 2.50 bits per heavy atom. The highest BCUT2D eigenvalue weighted by molar-refractivity contribution is 5.07. The average Bonchev–Trinajstić information content (AvgIpc) is 3.24. The normalized spacial score (nSPS) is 23.5. The third kappa shape index (κ3) is 3.84. The fraction of sp³-hybridized carbons (Fsp3) is 0.842. The number of nitrogens with zero attached hydrogens (tertiary/aromatic N) is 2. The van der Waals surface area contributed by atoms with Gasteiger partial charge in [-0.2, -0.15) is 0 Å². The lowest BCUT2D eigenvalue weighted by Gasteiger charge is -2.45. The molecule has 3 rings (SSSR count). The predicted molar refractivity (Wildman–Crippen MR) is 95.2 cm³/mol. The van der Waals surface area contributed by atoms with Crippen LogP contribution in [-0.4, -0.2) is 48.3 Å². The number of oxazole rings is 1. The van der Waals surface area contributed by atoms with E-state index in [2.05, 4.69) is 42.9 Å². The fourth-order valence-electron chi connectivity index (χ4n) is 3.81. The Labute approximate surface area is 146 Å². The number of likely N-dealkylation sites (tertiary alicyclic amines) is 1.